The number of hydrogen-bond acceptors (Lipinski definition) is 0. The first-order valence-electron chi connectivity index (χ1n) is 48.0. The van der Waals surface area contributed by atoms with E-state index < -0.39 is 0 Å². The lowest BCUT2D eigenvalue weighted by Gasteiger charge is -2.13. The summed E-state index contributed by atoms with van der Waals surface area (Å²) in [6, 6.07) is 189. The number of aromatic amines is 1. The number of nitrogens with zero attached hydrogens (tertiary/aromatic N) is 3. The number of aryl methyl sites for hydroxylation is 1. The van der Waals surface area contributed by atoms with E-state index in [-0.39, 0.29) is 0 Å². The molecule has 4 heterocycles. The Morgan fingerprint density at radius 3 is 0.856 bits per heavy atom. The van der Waals surface area contributed by atoms with Crippen LogP contribution < -0.4 is 0 Å². The van der Waals surface area contributed by atoms with Crippen molar-refractivity contribution < 1.29 is 0 Å². The summed E-state index contributed by atoms with van der Waals surface area (Å²) >= 11 is 0. The lowest BCUT2D eigenvalue weighted by Crippen LogP contribution is -1.93. The average Bonchev–Trinajstić information content (AvgIpc) is 1.24. The summed E-state index contributed by atoms with van der Waals surface area (Å²) in [5.74, 6) is 0. The molecule has 0 unspecified atom stereocenters. The Bertz CT molecular complexity index is 9660. The highest BCUT2D eigenvalue weighted by molar-refractivity contribution is 6.19. The molecule has 0 spiro atoms. The molecule has 29 aromatic rings. The molecule has 0 saturated carbocycles. The number of nitrogens with one attached hydrogen (secondary N) is 1. The quantitative estimate of drug-likeness (QED) is 0.140. The first-order valence-corrected chi connectivity index (χ1v) is 48.0. The van der Waals surface area contributed by atoms with Crippen molar-refractivity contribution in [3.8, 4) is 89.3 Å². The van der Waals surface area contributed by atoms with Crippen LogP contribution in [0.5, 0.6) is 0 Å². The van der Waals surface area contributed by atoms with E-state index in [0.717, 1.165) is 0 Å². The van der Waals surface area contributed by atoms with Gasteiger partial charge >= 0.3 is 0 Å². The summed E-state index contributed by atoms with van der Waals surface area (Å²) < 4.78 is 7.01. The van der Waals surface area contributed by atoms with Gasteiger partial charge in [0.25, 0.3) is 0 Å². The largest absolute Gasteiger partial charge is 0.355 e. The molecule has 0 fully saturated rings. The van der Waals surface area contributed by atoms with Gasteiger partial charge in [-0.1, -0.05) is 400 Å². The Labute approximate surface area is 804 Å². The lowest BCUT2D eigenvalue weighted by molar-refractivity contribution is 1.01. The van der Waals surface area contributed by atoms with Crippen LogP contribution in [0.4, 0.5) is 0 Å². The number of fused-ring (bicyclic) bond motifs is 20. The van der Waals surface area contributed by atoms with Gasteiger partial charge in [-0.05, 0) is 285 Å². The average molecular weight is 1770 g/mol. The predicted molar refractivity (Wildman–Crippen MR) is 596 cm³/mol. The van der Waals surface area contributed by atoms with Gasteiger partial charge in [-0.15, -0.1) is 0 Å². The van der Waals surface area contributed by atoms with E-state index >= 15 is 0 Å². The first kappa shape index (κ1) is 81.5. The lowest BCUT2D eigenvalue weighted by atomic mass is 9.91. The van der Waals surface area contributed by atoms with Gasteiger partial charge in [0.15, 0.2) is 0 Å². The Hall–Kier alpha value is -18.2. The molecule has 4 heteroatoms. The van der Waals surface area contributed by atoms with Crippen molar-refractivity contribution in [1.29, 1.82) is 0 Å². The summed E-state index contributed by atoms with van der Waals surface area (Å²) in [5.41, 5.74) is 29.8. The zero-order valence-electron chi connectivity index (χ0n) is 76.5. The van der Waals surface area contributed by atoms with E-state index in [2.05, 4.69) is 547 Å². The van der Waals surface area contributed by atoms with E-state index in [1.165, 1.54) is 263 Å². The molecule has 0 radical (unpaired) electrons. The van der Waals surface area contributed by atoms with Crippen LogP contribution in [0.15, 0.2) is 522 Å². The number of hydrogen-bond donors (Lipinski definition) is 1. The van der Waals surface area contributed by atoms with E-state index in [1.807, 2.05) is 0 Å². The molecule has 650 valence electrons. The van der Waals surface area contributed by atoms with Crippen LogP contribution in [-0.4, -0.2) is 18.7 Å². The molecule has 0 aliphatic rings. The SMILES string of the molecule is Cn1c2ccccc2c2cc(-c3ccc(-c4c5ccccc5cc5ccccc45)cc3)ccc21.c1ccc(-n2c3ccccc3c3cc(-c4ccc(-c5c6ccccc6cc6ccccc56)cc4)ccc32)cc1.c1ccc2c(-c3ccc(-c4ccc5[nH]c6ccccc6c5c4)cc3)c3ccccc3cc2c1.c1ccc2cc3c(-c4ccc(-n5c6ccccc6c6ccccc65)cc4)cccc3cc2c1. The first-order chi connectivity index (χ1) is 68.8. The fraction of sp³-hybridized carbons (Fsp3) is 0.00741. The Morgan fingerprint density at radius 1 is 0.144 bits per heavy atom. The maximum atomic E-state index is 3.52. The van der Waals surface area contributed by atoms with Crippen LogP contribution in [-0.2, 0) is 7.05 Å². The molecule has 0 aliphatic carbocycles. The van der Waals surface area contributed by atoms with Gasteiger partial charge in [0.1, 0.15) is 0 Å². The molecular formula is C135H90N4. The van der Waals surface area contributed by atoms with Gasteiger partial charge in [-0.3, -0.25) is 0 Å². The Balaban J connectivity index is 0.0000000958. The van der Waals surface area contributed by atoms with Crippen molar-refractivity contribution in [2.45, 2.75) is 0 Å². The maximum Gasteiger partial charge on any atom is 0.0541 e. The Kier molecular flexibility index (Phi) is 20.2. The standard InChI is InChI=1S/C38H25N.C33H23N.2C32H21N/c1-2-12-31(13-3-1)39-36-17-9-8-16-34(36)35-25-28(22-23-37(35)39)26-18-20-27(21-19-26)38-32-14-6-4-10-29(32)24-30-11-5-7-15-33(30)38;1-34-31-13-7-6-12-29(31)30-21-24(18-19-32(30)34)22-14-16-23(17-15-22)33-27-10-4-2-8-25(27)20-26-9-3-5-11-28(26)33;1-3-9-26-24(7-1)19-25-8-2-4-10-27(25)32(26)22-15-13-21(14-16-22)23-17-18-31-29(20-23)28-11-5-6-12-30(28)33-31;1-2-9-24-21-30-25(20-23(24)8-1)10-7-13-27(30)22-16-18-26(19-17-22)33-31-14-5-3-11-28(31)29-12-4-6-15-32(29)33/h1-25H;2-21H,1H3;1-20,33H;1-21H. The normalized spacial score (nSPS) is 11.6. The van der Waals surface area contributed by atoms with Crippen LogP contribution in [0.3, 0.4) is 0 Å². The number of para-hydroxylation sites is 6. The van der Waals surface area contributed by atoms with Crippen LogP contribution in [0.25, 0.3) is 263 Å². The van der Waals surface area contributed by atoms with E-state index in [9.17, 15) is 0 Å². The zero-order valence-corrected chi connectivity index (χ0v) is 76.5. The van der Waals surface area contributed by atoms with Crippen molar-refractivity contribution in [2.24, 2.45) is 7.05 Å². The molecule has 0 aliphatic heterocycles. The molecule has 25 aromatic carbocycles. The van der Waals surface area contributed by atoms with Gasteiger partial charge in [0, 0.05) is 83.6 Å². The minimum atomic E-state index is 1.18. The van der Waals surface area contributed by atoms with Gasteiger partial charge in [-0.2, -0.15) is 0 Å². The number of aromatic nitrogens is 4. The molecule has 4 aromatic heterocycles. The van der Waals surface area contributed by atoms with Crippen LogP contribution in [0.2, 0.25) is 0 Å². The molecule has 1 N–H and O–H groups in total. The molecule has 0 amide bonds. The number of rotatable bonds is 9. The highest BCUT2D eigenvalue weighted by Gasteiger charge is 2.21. The van der Waals surface area contributed by atoms with Gasteiger partial charge < -0.3 is 18.7 Å². The van der Waals surface area contributed by atoms with Crippen molar-refractivity contribution in [3.05, 3.63) is 522 Å². The minimum absolute atomic E-state index is 1.18. The summed E-state index contributed by atoms with van der Waals surface area (Å²) in [4.78, 5) is 3.52. The summed E-state index contributed by atoms with van der Waals surface area (Å²) in [7, 11) is 2.15. The van der Waals surface area contributed by atoms with Crippen LogP contribution in [0.1, 0.15) is 0 Å². The summed E-state index contributed by atoms with van der Waals surface area (Å²) in [5, 5.41) is 30.8. The molecule has 0 bridgehead atoms. The monoisotopic (exact) mass is 1770 g/mol. The predicted octanol–water partition coefficient (Wildman–Crippen LogP) is 37.1. The highest BCUT2D eigenvalue weighted by atomic mass is 15.0. The summed E-state index contributed by atoms with van der Waals surface area (Å²) in [6.07, 6.45) is 0. The topological polar surface area (TPSA) is 30.6 Å². The van der Waals surface area contributed by atoms with Gasteiger partial charge in [0.2, 0.25) is 0 Å². The summed E-state index contributed by atoms with van der Waals surface area (Å²) in [6.45, 7) is 0. The second-order valence-electron chi connectivity index (χ2n) is 36.6. The number of H-pyrrole nitrogens is 1. The zero-order chi connectivity index (χ0) is 92.0. The van der Waals surface area contributed by atoms with Crippen molar-refractivity contribution in [3.63, 3.8) is 0 Å². The molecule has 29 rings (SSSR count). The fourth-order valence-electron chi connectivity index (χ4n) is 22.1. The number of benzene rings is 25. The van der Waals surface area contributed by atoms with Crippen LogP contribution in [0, 0.1) is 0 Å². The fourth-order valence-corrected chi connectivity index (χ4v) is 22.1. The Morgan fingerprint density at radius 2 is 0.410 bits per heavy atom. The maximum absolute atomic E-state index is 3.52. The second kappa shape index (κ2) is 34.4. The van der Waals surface area contributed by atoms with Crippen molar-refractivity contribution >= 4 is 173 Å². The van der Waals surface area contributed by atoms with Gasteiger partial charge in [-0.25, -0.2) is 0 Å². The third-order valence-corrected chi connectivity index (χ3v) is 28.7. The third kappa shape index (κ3) is 14.5. The highest BCUT2D eigenvalue weighted by Crippen LogP contribution is 2.46. The van der Waals surface area contributed by atoms with Crippen LogP contribution >= 0.6 is 0 Å². The molecule has 0 atom stereocenters. The van der Waals surface area contributed by atoms with Crippen molar-refractivity contribution in [2.75, 3.05) is 0 Å². The molecule has 139 heavy (non-hydrogen) atoms. The smallest absolute Gasteiger partial charge is 0.0541 e. The molecule has 4 nitrogen and oxygen atoms in total. The van der Waals surface area contributed by atoms with E-state index in [0.29, 0.717) is 0 Å². The minimum Gasteiger partial charge on any atom is -0.355 e. The molecule has 0 saturated heterocycles. The van der Waals surface area contributed by atoms with E-state index in [1.54, 1.807) is 0 Å². The molecular weight excluding hydrogens is 1680 g/mol. The second-order valence-corrected chi connectivity index (χ2v) is 36.6. The van der Waals surface area contributed by atoms with Crippen molar-refractivity contribution in [1.82, 2.24) is 18.7 Å². The van der Waals surface area contributed by atoms with E-state index in [4.69, 9.17) is 0 Å². The van der Waals surface area contributed by atoms with Gasteiger partial charge in [0.05, 0.1) is 22.1 Å². The third-order valence-electron chi connectivity index (χ3n) is 28.7.